The summed E-state index contributed by atoms with van der Waals surface area (Å²) in [7, 11) is 0. The first-order valence-corrected chi connectivity index (χ1v) is 15.3. The lowest BCUT2D eigenvalue weighted by Crippen LogP contribution is -2.42. The zero-order valence-electron chi connectivity index (χ0n) is 25.0. The van der Waals surface area contributed by atoms with Crippen molar-refractivity contribution in [2.24, 2.45) is 28.3 Å². The van der Waals surface area contributed by atoms with Crippen molar-refractivity contribution in [1.29, 1.82) is 0 Å². The molecule has 0 bridgehead atoms. The number of carbonyl (C=O) groups is 1. The van der Waals surface area contributed by atoms with E-state index in [1.165, 1.54) is 11.1 Å². The van der Waals surface area contributed by atoms with E-state index in [1.807, 2.05) is 42.5 Å². The molecule has 0 spiro atoms. The molecule has 226 valence electrons. The van der Waals surface area contributed by atoms with Gasteiger partial charge < -0.3 is 26.5 Å². The second-order valence-corrected chi connectivity index (χ2v) is 11.9. The third-order valence-electron chi connectivity index (χ3n) is 8.69. The van der Waals surface area contributed by atoms with Crippen LogP contribution in [0.2, 0.25) is 0 Å². The molecule has 2 unspecified atom stereocenters. The van der Waals surface area contributed by atoms with Gasteiger partial charge in [0.05, 0.1) is 5.69 Å². The summed E-state index contributed by atoms with van der Waals surface area (Å²) in [5.41, 5.74) is 14.0. The van der Waals surface area contributed by atoms with Gasteiger partial charge in [0, 0.05) is 43.5 Å². The summed E-state index contributed by atoms with van der Waals surface area (Å²) in [6, 6.07) is 30.9. The lowest BCUT2D eigenvalue weighted by atomic mass is 9.89. The van der Waals surface area contributed by atoms with Gasteiger partial charge in [-0.05, 0) is 67.2 Å². The van der Waals surface area contributed by atoms with Crippen LogP contribution in [0.1, 0.15) is 55.3 Å². The van der Waals surface area contributed by atoms with Crippen molar-refractivity contribution < 1.29 is 9.90 Å². The van der Waals surface area contributed by atoms with Crippen molar-refractivity contribution in [1.82, 2.24) is 15.2 Å². The zero-order chi connectivity index (χ0) is 30.2. The van der Waals surface area contributed by atoms with Crippen LogP contribution in [0.3, 0.4) is 0 Å². The zero-order valence-corrected chi connectivity index (χ0v) is 25.0. The van der Waals surface area contributed by atoms with E-state index in [9.17, 15) is 9.90 Å². The van der Waals surface area contributed by atoms with Crippen molar-refractivity contribution >= 4 is 22.8 Å². The van der Waals surface area contributed by atoms with Gasteiger partial charge in [-0.2, -0.15) is 0 Å². The average Bonchev–Trinajstić information content (AvgIpc) is 3.41. The number of amides is 1. The third-order valence-corrected chi connectivity index (χ3v) is 8.69. The van der Waals surface area contributed by atoms with E-state index in [-0.39, 0.29) is 29.6 Å². The van der Waals surface area contributed by atoms with Gasteiger partial charge in [-0.3, -0.25) is 15.1 Å². The van der Waals surface area contributed by atoms with Gasteiger partial charge >= 0.3 is 0 Å². The number of nitrogens with zero attached hydrogens (tertiary/aromatic N) is 2. The van der Waals surface area contributed by atoms with E-state index in [0.29, 0.717) is 32.6 Å². The minimum atomic E-state index is -1.23. The molecule has 1 aliphatic rings. The molecule has 1 aliphatic heterocycles. The quantitative estimate of drug-likeness (QED) is 0.0719. The van der Waals surface area contributed by atoms with Gasteiger partial charge in [-0.1, -0.05) is 78.9 Å². The summed E-state index contributed by atoms with van der Waals surface area (Å²) in [4.78, 5) is 23.7. The fraction of sp³-hybridized carbons (Fsp3) is 0.371. The number of benzene rings is 3. The van der Waals surface area contributed by atoms with Gasteiger partial charge in [0.2, 0.25) is 5.91 Å². The molecule has 8 nitrogen and oxygen atoms in total. The Morgan fingerprint density at radius 2 is 1.70 bits per heavy atom. The maximum atomic E-state index is 14.1. The number of carbonyl (C=O) groups excluding carboxylic acids is 1. The number of hydrogen-bond donors (Lipinski definition) is 5. The standard InChI is InChI=1S/C35H44N6O2/c1-35(43,32-22-28-15-8-9-17-31(28)40-32)39-23-25-18-20-41(33(42)29(21-25)16-10-19-38-34(36)37)24-30(26-11-4-2-5-12-26)27-13-6-3-7-14-27/h2-9,11-15,17,22,25,29-30,39-40,43H,10,16,18-21,23-24H2,1H3,(H4,36,37,38)/t25?,29-,35?/m1/s1. The largest absolute Gasteiger partial charge is 0.370 e. The Kier molecular flexibility index (Phi) is 9.79. The number of aromatic amines is 1. The number of aliphatic hydroxyl groups is 1. The summed E-state index contributed by atoms with van der Waals surface area (Å²) < 4.78 is 0. The molecule has 5 rings (SSSR count). The molecule has 1 aromatic heterocycles. The second kappa shape index (κ2) is 13.9. The van der Waals surface area contributed by atoms with Crippen LogP contribution in [0.5, 0.6) is 0 Å². The Balaban J connectivity index is 1.33. The summed E-state index contributed by atoms with van der Waals surface area (Å²) in [5.74, 6) is 0.402. The maximum absolute atomic E-state index is 14.1. The Labute approximate surface area is 254 Å². The SMILES string of the molecule is CC(O)(NCC1CCN(CC(c2ccccc2)c2ccccc2)C(=O)[C@H](CCCN=C(N)N)C1)c1cc2ccccc2[nH]1. The molecule has 4 aromatic rings. The Bertz CT molecular complexity index is 1420. The van der Waals surface area contributed by atoms with E-state index < -0.39 is 5.72 Å². The first kappa shape index (κ1) is 30.3. The number of hydrogen-bond acceptors (Lipinski definition) is 4. The van der Waals surface area contributed by atoms with E-state index in [1.54, 1.807) is 6.92 Å². The molecule has 8 heteroatoms. The second-order valence-electron chi connectivity index (χ2n) is 11.9. The molecule has 1 saturated heterocycles. The molecule has 43 heavy (non-hydrogen) atoms. The van der Waals surface area contributed by atoms with E-state index >= 15 is 0 Å². The number of guanidine groups is 1. The van der Waals surface area contributed by atoms with Crippen molar-refractivity contribution in [3.05, 3.63) is 108 Å². The van der Waals surface area contributed by atoms with Gasteiger partial charge in [-0.25, -0.2) is 0 Å². The van der Waals surface area contributed by atoms with Crippen molar-refractivity contribution in [2.45, 2.75) is 44.2 Å². The fourth-order valence-electron chi connectivity index (χ4n) is 6.25. The first-order chi connectivity index (χ1) is 20.8. The highest BCUT2D eigenvalue weighted by molar-refractivity contribution is 5.80. The highest BCUT2D eigenvalue weighted by Crippen LogP contribution is 2.32. The number of rotatable bonds is 12. The molecule has 3 aromatic carbocycles. The van der Waals surface area contributed by atoms with Crippen LogP contribution in [-0.2, 0) is 10.5 Å². The summed E-state index contributed by atoms with van der Waals surface area (Å²) >= 11 is 0. The van der Waals surface area contributed by atoms with Crippen LogP contribution in [-0.4, -0.2) is 53.0 Å². The van der Waals surface area contributed by atoms with Crippen molar-refractivity contribution in [3.63, 3.8) is 0 Å². The topological polar surface area (TPSA) is 133 Å². The highest BCUT2D eigenvalue weighted by atomic mass is 16.3. The van der Waals surface area contributed by atoms with Gasteiger partial charge in [-0.15, -0.1) is 0 Å². The number of fused-ring (bicyclic) bond motifs is 1. The molecular weight excluding hydrogens is 536 g/mol. The fourth-order valence-corrected chi connectivity index (χ4v) is 6.25. The van der Waals surface area contributed by atoms with Crippen molar-refractivity contribution in [3.8, 4) is 0 Å². The van der Waals surface area contributed by atoms with E-state index in [4.69, 9.17) is 11.5 Å². The molecule has 1 fully saturated rings. The number of nitrogens with one attached hydrogen (secondary N) is 2. The molecule has 2 heterocycles. The van der Waals surface area contributed by atoms with Crippen LogP contribution in [0.15, 0.2) is 96.0 Å². The van der Waals surface area contributed by atoms with Gasteiger partial charge in [0.1, 0.15) is 0 Å². The number of likely N-dealkylation sites (tertiary alicyclic amines) is 1. The Hall–Kier alpha value is -4.14. The van der Waals surface area contributed by atoms with Gasteiger partial charge in [0.25, 0.3) is 0 Å². The average molecular weight is 581 g/mol. The van der Waals surface area contributed by atoms with Crippen LogP contribution in [0.25, 0.3) is 10.9 Å². The highest BCUT2D eigenvalue weighted by Gasteiger charge is 2.34. The van der Waals surface area contributed by atoms with E-state index in [0.717, 1.165) is 35.9 Å². The first-order valence-electron chi connectivity index (χ1n) is 15.3. The predicted molar refractivity (Wildman–Crippen MR) is 173 cm³/mol. The minimum Gasteiger partial charge on any atom is -0.370 e. The third kappa shape index (κ3) is 7.83. The number of aromatic nitrogens is 1. The predicted octanol–water partition coefficient (Wildman–Crippen LogP) is 4.66. The normalized spacial score (nSPS) is 18.9. The number of para-hydroxylation sites is 1. The van der Waals surface area contributed by atoms with Crippen LogP contribution < -0.4 is 16.8 Å². The number of aliphatic imine (C=N–C) groups is 1. The summed E-state index contributed by atoms with van der Waals surface area (Å²) in [6.07, 6.45) is 3.04. The molecule has 1 amide bonds. The molecule has 0 saturated carbocycles. The Morgan fingerprint density at radius 3 is 2.35 bits per heavy atom. The van der Waals surface area contributed by atoms with E-state index in [2.05, 4.69) is 68.7 Å². The van der Waals surface area contributed by atoms with Crippen LogP contribution >= 0.6 is 0 Å². The maximum Gasteiger partial charge on any atom is 0.225 e. The Morgan fingerprint density at radius 1 is 1.05 bits per heavy atom. The smallest absolute Gasteiger partial charge is 0.225 e. The lowest BCUT2D eigenvalue weighted by molar-refractivity contribution is -0.135. The molecular formula is C35H44N6O2. The van der Waals surface area contributed by atoms with Crippen LogP contribution in [0, 0.1) is 11.8 Å². The molecule has 7 N–H and O–H groups in total. The molecule has 0 aliphatic carbocycles. The number of nitrogens with two attached hydrogens (primary N) is 2. The van der Waals surface area contributed by atoms with Crippen molar-refractivity contribution in [2.75, 3.05) is 26.2 Å². The van der Waals surface area contributed by atoms with Crippen LogP contribution in [0.4, 0.5) is 0 Å². The molecule has 3 atom stereocenters. The number of H-pyrrole nitrogens is 1. The minimum absolute atomic E-state index is 0.0728. The summed E-state index contributed by atoms with van der Waals surface area (Å²) in [6.45, 7) is 4.16. The lowest BCUT2D eigenvalue weighted by Gasteiger charge is -2.29. The monoisotopic (exact) mass is 580 g/mol. The van der Waals surface area contributed by atoms with Gasteiger partial charge in [0.15, 0.2) is 11.7 Å². The summed E-state index contributed by atoms with van der Waals surface area (Å²) in [5, 5.41) is 15.9. The molecule has 0 radical (unpaired) electrons.